The number of fused-ring (bicyclic) bond motifs is 10. The number of rotatable bonds is 4. The van der Waals surface area contributed by atoms with E-state index >= 15 is 0 Å². The predicted octanol–water partition coefficient (Wildman–Crippen LogP) is 17.7. The topological polar surface area (TPSA) is 9.72 Å². The van der Waals surface area contributed by atoms with Gasteiger partial charge in [0.05, 0.1) is 11.2 Å². The molecule has 0 N–H and O–H groups in total. The van der Waals surface area contributed by atoms with Crippen molar-refractivity contribution < 1.29 is 0 Å². The highest BCUT2D eigenvalue weighted by Crippen LogP contribution is 2.62. The summed E-state index contributed by atoms with van der Waals surface area (Å²) < 4.78 is 2.64. The van der Waals surface area contributed by atoms with Gasteiger partial charge < -0.3 is 14.7 Å². The van der Waals surface area contributed by atoms with Gasteiger partial charge in [-0.2, -0.15) is 0 Å². The summed E-state index contributed by atoms with van der Waals surface area (Å²) in [6.45, 7) is 28.6. The van der Waals surface area contributed by atoms with Crippen molar-refractivity contribution in [3.63, 3.8) is 0 Å². The molecule has 0 spiro atoms. The van der Waals surface area contributed by atoms with E-state index in [0.717, 1.165) is 6.42 Å². The van der Waals surface area contributed by atoms with E-state index in [0.29, 0.717) is 0 Å². The van der Waals surface area contributed by atoms with Gasteiger partial charge in [0.25, 0.3) is 6.71 Å². The van der Waals surface area contributed by atoms with E-state index in [4.69, 9.17) is 0 Å². The molecule has 0 saturated heterocycles. The Labute approximate surface area is 445 Å². The largest absolute Gasteiger partial charge is 0.334 e. The van der Waals surface area contributed by atoms with Gasteiger partial charge >= 0.3 is 0 Å². The Bertz CT molecular complexity index is 3770. The number of aryl methyl sites for hydroxylation is 1. The van der Waals surface area contributed by atoms with Gasteiger partial charge in [-0.1, -0.05) is 173 Å². The van der Waals surface area contributed by atoms with E-state index in [-0.39, 0.29) is 33.9 Å². The van der Waals surface area contributed by atoms with Gasteiger partial charge in [-0.25, -0.2) is 0 Å². The first kappa shape index (κ1) is 47.2. The molecule has 4 heterocycles. The third-order valence-electron chi connectivity index (χ3n) is 18.1. The molecule has 74 heavy (non-hydrogen) atoms. The van der Waals surface area contributed by atoms with E-state index in [1.165, 1.54) is 140 Å². The van der Waals surface area contributed by atoms with E-state index < -0.39 is 0 Å². The molecule has 13 rings (SSSR count). The van der Waals surface area contributed by atoms with Crippen molar-refractivity contribution in [2.45, 2.75) is 136 Å². The fraction of sp³-hybridized carbons (Fsp3) is 0.304. The van der Waals surface area contributed by atoms with Crippen LogP contribution in [0.15, 0.2) is 158 Å². The molecule has 1 aliphatic carbocycles. The van der Waals surface area contributed by atoms with Gasteiger partial charge in [0.1, 0.15) is 0 Å². The molecule has 9 aromatic rings. The summed E-state index contributed by atoms with van der Waals surface area (Å²) in [6, 6.07) is 62.0. The second kappa shape index (κ2) is 16.2. The normalized spacial score (nSPS) is 19.1. The van der Waals surface area contributed by atoms with Gasteiger partial charge in [-0.05, 0) is 159 Å². The number of nitrogens with zero attached hydrogens (tertiary/aromatic N) is 3. The van der Waals surface area contributed by atoms with E-state index in [1.807, 2.05) is 11.3 Å². The lowest BCUT2D eigenvalue weighted by atomic mass is 9.33. The summed E-state index contributed by atoms with van der Waals surface area (Å²) in [6.07, 6.45) is 4.85. The molecule has 1 fully saturated rings. The molecule has 1 aromatic heterocycles. The Hall–Kier alpha value is -6.56. The molecule has 2 atom stereocenters. The third-order valence-corrected chi connectivity index (χ3v) is 19.2. The predicted molar refractivity (Wildman–Crippen MR) is 322 cm³/mol. The minimum absolute atomic E-state index is 0.000935. The molecule has 4 aliphatic rings. The zero-order valence-corrected chi connectivity index (χ0v) is 46.5. The Balaban J connectivity index is 1.10. The van der Waals surface area contributed by atoms with Crippen LogP contribution in [0.4, 0.5) is 45.5 Å². The lowest BCUT2D eigenvalue weighted by Crippen LogP contribution is -2.61. The fourth-order valence-electron chi connectivity index (χ4n) is 13.8. The van der Waals surface area contributed by atoms with Crippen LogP contribution >= 0.6 is 11.3 Å². The molecule has 370 valence electrons. The van der Waals surface area contributed by atoms with Crippen molar-refractivity contribution >= 4 is 100 Å². The monoisotopic (exact) mass is 984 g/mol. The number of thiophene rings is 1. The number of hydrogen-bond acceptors (Lipinski definition) is 4. The molecule has 0 bridgehead atoms. The summed E-state index contributed by atoms with van der Waals surface area (Å²) in [7, 11) is 0. The summed E-state index contributed by atoms with van der Waals surface area (Å²) in [5.41, 5.74) is 23.3. The first-order valence-corrected chi connectivity index (χ1v) is 28.1. The summed E-state index contributed by atoms with van der Waals surface area (Å²) in [5.74, 6) is 0. The van der Waals surface area contributed by atoms with E-state index in [1.54, 1.807) is 0 Å². The van der Waals surface area contributed by atoms with Crippen molar-refractivity contribution in [3.8, 4) is 11.1 Å². The maximum Gasteiger partial charge on any atom is 0.252 e. The Morgan fingerprint density at radius 2 is 1.05 bits per heavy atom. The number of anilines is 8. The molecular formula is C69H70BN3S. The minimum atomic E-state index is -0.0875. The van der Waals surface area contributed by atoms with E-state index in [2.05, 4.69) is 256 Å². The average molecular weight is 984 g/mol. The maximum atomic E-state index is 2.79. The van der Waals surface area contributed by atoms with Crippen LogP contribution in [0.2, 0.25) is 0 Å². The lowest BCUT2D eigenvalue weighted by molar-refractivity contribution is 0.195. The fourth-order valence-corrected chi connectivity index (χ4v) is 14.9. The standard InChI is InChI=1S/C69H70BN3S/c1-43-36-60-64-61(37-43)72(56-32-25-45(65(2,3)4)38-52(56)44-20-14-13-15-21-44)58-40-47(67(8,9)10)24-30-54(58)70(64)55-31-28-49(41-59(55)71(60)48-27-29-51-50-22-16-17-23-62(50)74-63(51)42-48)73-57-33-26-46(66(5,6)7)39-53(57)68(11)34-18-19-35-69(68,73)12/h13-17,20-33,36-42H,18-19,34-35H2,1-12H3. The van der Waals surface area contributed by atoms with Crippen LogP contribution in [0.25, 0.3) is 31.3 Å². The van der Waals surface area contributed by atoms with Crippen LogP contribution in [-0.4, -0.2) is 12.3 Å². The van der Waals surface area contributed by atoms with Crippen molar-refractivity contribution in [3.05, 3.63) is 186 Å². The van der Waals surface area contributed by atoms with Crippen LogP contribution in [-0.2, 0) is 21.7 Å². The smallest absolute Gasteiger partial charge is 0.252 e. The van der Waals surface area contributed by atoms with Gasteiger partial charge in [0, 0.05) is 71.0 Å². The van der Waals surface area contributed by atoms with Crippen molar-refractivity contribution in [2.24, 2.45) is 0 Å². The second-order valence-corrected chi connectivity index (χ2v) is 26.9. The van der Waals surface area contributed by atoms with Crippen LogP contribution in [0, 0.1) is 6.92 Å². The van der Waals surface area contributed by atoms with Gasteiger partial charge in [0.2, 0.25) is 0 Å². The molecule has 3 aliphatic heterocycles. The molecule has 8 aromatic carbocycles. The lowest BCUT2D eigenvalue weighted by Gasteiger charge is -2.50. The molecule has 3 nitrogen and oxygen atoms in total. The molecule has 0 radical (unpaired) electrons. The van der Waals surface area contributed by atoms with Gasteiger partial charge in [0.15, 0.2) is 0 Å². The minimum Gasteiger partial charge on any atom is -0.334 e. The number of hydrogen-bond donors (Lipinski definition) is 0. The van der Waals surface area contributed by atoms with Crippen molar-refractivity contribution in [1.29, 1.82) is 0 Å². The first-order valence-electron chi connectivity index (χ1n) is 27.3. The third kappa shape index (κ3) is 6.97. The van der Waals surface area contributed by atoms with Gasteiger partial charge in [-0.3, -0.25) is 0 Å². The van der Waals surface area contributed by atoms with E-state index in [9.17, 15) is 0 Å². The molecule has 0 amide bonds. The SMILES string of the molecule is Cc1cc2c3c(c1)N(c1ccc(C(C)(C)C)cc1-c1ccccc1)c1cc(C(C)(C)C)ccc1B3c1ccc(N3c4ccc(C(C)(C)C)cc4C4(C)CCCCC34C)cc1N2c1ccc2c(c1)sc1ccccc12. The zero-order valence-electron chi connectivity index (χ0n) is 45.7. The number of benzene rings is 8. The average Bonchev–Trinajstić information content (AvgIpc) is 3.84. The highest BCUT2D eigenvalue weighted by Gasteiger charge is 2.58. The van der Waals surface area contributed by atoms with Crippen LogP contribution in [0.5, 0.6) is 0 Å². The quantitative estimate of drug-likeness (QED) is 0.163. The Morgan fingerprint density at radius 1 is 0.473 bits per heavy atom. The van der Waals surface area contributed by atoms with Crippen LogP contribution in [0.1, 0.15) is 130 Å². The van der Waals surface area contributed by atoms with Crippen molar-refractivity contribution in [1.82, 2.24) is 0 Å². The molecular weight excluding hydrogens is 914 g/mol. The second-order valence-electron chi connectivity index (χ2n) is 25.8. The molecule has 1 saturated carbocycles. The zero-order chi connectivity index (χ0) is 51.4. The summed E-state index contributed by atoms with van der Waals surface area (Å²) in [5, 5.41) is 2.65. The maximum absolute atomic E-state index is 2.79. The molecule has 5 heteroatoms. The van der Waals surface area contributed by atoms with Gasteiger partial charge in [-0.15, -0.1) is 11.3 Å². The van der Waals surface area contributed by atoms with Crippen LogP contribution in [0.3, 0.4) is 0 Å². The Morgan fingerprint density at radius 3 is 1.78 bits per heavy atom. The summed E-state index contributed by atoms with van der Waals surface area (Å²) >= 11 is 1.91. The Kier molecular flexibility index (Phi) is 10.3. The van der Waals surface area contributed by atoms with Crippen molar-refractivity contribution in [2.75, 3.05) is 14.7 Å². The highest BCUT2D eigenvalue weighted by atomic mass is 32.1. The molecule has 2 unspecified atom stereocenters. The highest BCUT2D eigenvalue weighted by molar-refractivity contribution is 7.25. The summed E-state index contributed by atoms with van der Waals surface area (Å²) in [4.78, 5) is 8.09. The van der Waals surface area contributed by atoms with Crippen LogP contribution < -0.4 is 31.1 Å². The first-order chi connectivity index (χ1) is 35.2.